The van der Waals surface area contributed by atoms with Crippen LogP contribution < -0.4 is 0 Å². The summed E-state index contributed by atoms with van der Waals surface area (Å²) < 4.78 is 2.64. The summed E-state index contributed by atoms with van der Waals surface area (Å²) in [5, 5.41) is 0. The lowest BCUT2D eigenvalue weighted by atomic mass is 10.2. The van der Waals surface area contributed by atoms with Crippen molar-refractivity contribution in [3.63, 3.8) is 0 Å². The molecule has 0 spiro atoms. The van der Waals surface area contributed by atoms with Crippen LogP contribution in [0.2, 0.25) is 0 Å². The van der Waals surface area contributed by atoms with Crippen molar-refractivity contribution in [2.75, 3.05) is 0 Å². The van der Waals surface area contributed by atoms with E-state index in [1.54, 1.807) is 0 Å². The molecule has 58 valence electrons. The van der Waals surface area contributed by atoms with Crippen LogP contribution in [-0.2, 0) is 0 Å². The van der Waals surface area contributed by atoms with E-state index in [4.69, 9.17) is 0 Å². The van der Waals surface area contributed by atoms with E-state index >= 15 is 0 Å². The first-order valence-corrected chi connectivity index (χ1v) is 6.21. The van der Waals surface area contributed by atoms with Crippen molar-refractivity contribution in [1.82, 2.24) is 0 Å². The lowest BCUT2D eigenvalue weighted by molar-refractivity contribution is 1.66. The number of hydrogen-bond acceptors (Lipinski definition) is 0. The molecule has 0 heterocycles. The van der Waals surface area contributed by atoms with Crippen molar-refractivity contribution in [2.24, 2.45) is 0 Å². The molecule has 0 aromatic heterocycles. The minimum atomic E-state index is 1.30. The zero-order chi connectivity index (χ0) is 8.27. The van der Waals surface area contributed by atoms with E-state index in [9.17, 15) is 0 Å². The van der Waals surface area contributed by atoms with Gasteiger partial charge in [0.1, 0.15) is 0 Å². The second-order valence-corrected chi connectivity index (χ2v) is 7.24. The minimum absolute atomic E-state index is 1.30. The molecular weight excluding hydrogens is 477 g/mol. The molecule has 3 heteroatoms. The molecule has 1 aromatic carbocycles. The van der Waals surface area contributed by atoms with Crippen LogP contribution in [0.4, 0.5) is 0 Å². The Morgan fingerprint density at radius 3 is 1.91 bits per heavy atom. The van der Waals surface area contributed by atoms with Crippen molar-refractivity contribution in [2.45, 2.75) is 0 Å². The van der Waals surface area contributed by atoms with Gasteiger partial charge in [-0.15, -0.1) is 0 Å². The SMILES string of the molecule is IC(I)=C(I)c1ccccc1. The normalized spacial score (nSPS) is 9.36. The lowest BCUT2D eigenvalue weighted by Crippen LogP contribution is -1.73. The van der Waals surface area contributed by atoms with E-state index in [1.807, 2.05) is 6.07 Å². The third-order valence-electron chi connectivity index (χ3n) is 1.19. The summed E-state index contributed by atoms with van der Waals surface area (Å²) >= 11 is 7.02. The van der Waals surface area contributed by atoms with Crippen molar-refractivity contribution < 1.29 is 0 Å². The van der Waals surface area contributed by atoms with Crippen molar-refractivity contribution in [1.29, 1.82) is 0 Å². The van der Waals surface area contributed by atoms with Crippen LogP contribution in [-0.4, -0.2) is 0 Å². The number of benzene rings is 1. The third kappa shape index (κ3) is 3.17. The van der Waals surface area contributed by atoms with Gasteiger partial charge in [0.15, 0.2) is 0 Å². The predicted octanol–water partition coefficient (Wildman–Crippen LogP) is 4.62. The van der Waals surface area contributed by atoms with Crippen molar-refractivity contribution >= 4 is 71.4 Å². The molecule has 11 heavy (non-hydrogen) atoms. The highest BCUT2D eigenvalue weighted by Gasteiger charge is 1.98. The Morgan fingerprint density at radius 2 is 1.45 bits per heavy atom. The fourth-order valence-corrected chi connectivity index (χ4v) is 1.68. The summed E-state index contributed by atoms with van der Waals surface area (Å²) in [4.78, 5) is 0. The van der Waals surface area contributed by atoms with Crippen LogP contribution in [0.1, 0.15) is 5.56 Å². The second-order valence-electron chi connectivity index (χ2n) is 1.94. The van der Waals surface area contributed by atoms with Crippen LogP contribution >= 0.6 is 67.8 Å². The zero-order valence-electron chi connectivity index (χ0n) is 5.52. The zero-order valence-corrected chi connectivity index (χ0v) is 12.0. The van der Waals surface area contributed by atoms with Gasteiger partial charge >= 0.3 is 0 Å². The average molecular weight is 482 g/mol. The van der Waals surface area contributed by atoms with E-state index in [1.165, 1.54) is 10.7 Å². The molecule has 1 aromatic rings. The van der Waals surface area contributed by atoms with E-state index in [0.29, 0.717) is 0 Å². The molecule has 0 saturated heterocycles. The fraction of sp³-hybridized carbons (Fsp3) is 0. The van der Waals surface area contributed by atoms with Crippen molar-refractivity contribution in [3.8, 4) is 0 Å². The summed E-state index contributed by atoms with van der Waals surface area (Å²) in [6, 6.07) is 10.4. The molecule has 0 amide bonds. The van der Waals surface area contributed by atoms with Gasteiger partial charge in [0.2, 0.25) is 0 Å². The maximum atomic E-state index is 2.36. The maximum Gasteiger partial charge on any atom is 0.0653 e. The van der Waals surface area contributed by atoms with Gasteiger partial charge < -0.3 is 0 Å². The average Bonchev–Trinajstić information content (AvgIpc) is 2.05. The Balaban J connectivity index is 3.04. The van der Waals surface area contributed by atoms with Gasteiger partial charge in [-0.05, 0) is 73.3 Å². The molecular formula is C8H5I3. The Hall–Kier alpha value is 1.15. The molecule has 0 nitrogen and oxygen atoms in total. The van der Waals surface area contributed by atoms with Gasteiger partial charge in [-0.1, -0.05) is 30.3 Å². The molecule has 0 unspecified atom stereocenters. The summed E-state index contributed by atoms with van der Waals surface area (Å²) in [5.41, 5.74) is 1.30. The first kappa shape index (κ1) is 10.2. The summed E-state index contributed by atoms with van der Waals surface area (Å²) in [6.45, 7) is 0. The first-order valence-electron chi connectivity index (χ1n) is 2.98. The van der Waals surface area contributed by atoms with Gasteiger partial charge in [-0.25, -0.2) is 0 Å². The number of halogens is 3. The molecule has 0 saturated carbocycles. The largest absolute Gasteiger partial charge is 0.0653 e. The molecule has 0 N–H and O–H groups in total. The second kappa shape index (κ2) is 5.00. The van der Waals surface area contributed by atoms with Gasteiger partial charge in [0.25, 0.3) is 0 Å². The molecule has 0 aliphatic heterocycles. The van der Waals surface area contributed by atoms with Crippen LogP contribution in [0.15, 0.2) is 31.9 Å². The van der Waals surface area contributed by atoms with Gasteiger partial charge in [0, 0.05) is 3.58 Å². The van der Waals surface area contributed by atoms with Gasteiger partial charge in [-0.2, -0.15) is 0 Å². The quantitative estimate of drug-likeness (QED) is 0.514. The van der Waals surface area contributed by atoms with Crippen LogP contribution in [0, 0.1) is 0 Å². The highest BCUT2D eigenvalue weighted by molar-refractivity contribution is 14.2. The van der Waals surface area contributed by atoms with Crippen LogP contribution in [0.5, 0.6) is 0 Å². The van der Waals surface area contributed by atoms with Crippen LogP contribution in [0.25, 0.3) is 3.58 Å². The highest BCUT2D eigenvalue weighted by atomic mass is 127. The maximum absolute atomic E-state index is 2.36. The summed E-state index contributed by atoms with van der Waals surface area (Å²) in [6.07, 6.45) is 0. The Bertz CT molecular complexity index is 260. The summed E-state index contributed by atoms with van der Waals surface area (Å²) in [5.74, 6) is 0. The van der Waals surface area contributed by atoms with Gasteiger partial charge in [0.05, 0.1) is 1.59 Å². The van der Waals surface area contributed by atoms with E-state index < -0.39 is 0 Å². The lowest BCUT2D eigenvalue weighted by Gasteiger charge is -1.97. The minimum Gasteiger partial charge on any atom is -0.0622 e. The Labute approximate surface area is 107 Å². The number of hydrogen-bond donors (Lipinski definition) is 0. The monoisotopic (exact) mass is 482 g/mol. The van der Waals surface area contributed by atoms with Crippen molar-refractivity contribution in [3.05, 3.63) is 37.5 Å². The molecule has 0 atom stereocenters. The van der Waals surface area contributed by atoms with E-state index in [-0.39, 0.29) is 0 Å². The smallest absolute Gasteiger partial charge is 0.0622 e. The standard InChI is InChI=1S/C8H5I3/c9-7(8(10)11)6-4-2-1-3-5-6/h1-5H. The number of rotatable bonds is 1. The van der Waals surface area contributed by atoms with Gasteiger partial charge in [-0.3, -0.25) is 0 Å². The fourth-order valence-electron chi connectivity index (χ4n) is 0.694. The van der Waals surface area contributed by atoms with Crippen LogP contribution in [0.3, 0.4) is 0 Å². The molecule has 0 aliphatic carbocycles. The molecule has 0 fully saturated rings. The predicted molar refractivity (Wildman–Crippen MR) is 75.4 cm³/mol. The molecule has 1 rings (SSSR count). The summed E-state index contributed by atoms with van der Waals surface area (Å²) in [7, 11) is 0. The topological polar surface area (TPSA) is 0 Å². The van der Waals surface area contributed by atoms with E-state index in [2.05, 4.69) is 92.0 Å². The molecule has 0 radical (unpaired) electrons. The Morgan fingerprint density at radius 1 is 0.909 bits per heavy atom. The molecule has 0 aliphatic rings. The van der Waals surface area contributed by atoms with E-state index in [0.717, 1.165) is 0 Å². The highest BCUT2D eigenvalue weighted by Crippen LogP contribution is 2.32. The Kier molecular flexibility index (Phi) is 4.66. The first-order chi connectivity index (χ1) is 5.22. The molecule has 0 bridgehead atoms. The third-order valence-corrected chi connectivity index (χ3v) is 5.50.